The normalized spacial score (nSPS) is 21.7. The van der Waals surface area contributed by atoms with Gasteiger partial charge in [-0.15, -0.1) is 0 Å². The number of amides is 4. The zero-order valence-corrected chi connectivity index (χ0v) is 21.2. The van der Waals surface area contributed by atoms with Crippen molar-refractivity contribution < 1.29 is 29.0 Å². The number of aromatic nitrogens is 1. The molecule has 12 nitrogen and oxygen atoms in total. The van der Waals surface area contributed by atoms with E-state index in [9.17, 15) is 24.3 Å². The molecule has 5 rings (SSSR count). The summed E-state index contributed by atoms with van der Waals surface area (Å²) in [7, 11) is 3.56. The monoisotopic (exact) mass is 522 g/mol. The van der Waals surface area contributed by atoms with E-state index >= 15 is 0 Å². The number of ether oxygens (including phenoxy) is 1. The van der Waals surface area contributed by atoms with Crippen molar-refractivity contribution in [1.82, 2.24) is 25.4 Å². The molecule has 0 unspecified atom stereocenters. The number of hydrogen-bond donors (Lipinski definition) is 4. The number of aromatic hydroxyl groups is 1. The summed E-state index contributed by atoms with van der Waals surface area (Å²) in [5.41, 5.74) is -0.828. The molecule has 1 atom stereocenters. The molecule has 38 heavy (non-hydrogen) atoms. The first-order chi connectivity index (χ1) is 18.2. The van der Waals surface area contributed by atoms with E-state index in [0.29, 0.717) is 17.1 Å². The van der Waals surface area contributed by atoms with Crippen molar-refractivity contribution in [1.29, 1.82) is 0 Å². The summed E-state index contributed by atoms with van der Waals surface area (Å²) in [6, 6.07) is 7.53. The van der Waals surface area contributed by atoms with E-state index in [1.807, 2.05) is 0 Å². The summed E-state index contributed by atoms with van der Waals surface area (Å²) in [5, 5.41) is 18.4. The van der Waals surface area contributed by atoms with Gasteiger partial charge in [0.15, 0.2) is 11.3 Å². The van der Waals surface area contributed by atoms with Gasteiger partial charge in [-0.05, 0) is 62.8 Å². The van der Waals surface area contributed by atoms with Gasteiger partial charge in [0.2, 0.25) is 0 Å². The maximum Gasteiger partial charge on any atom is 0.322 e. The van der Waals surface area contributed by atoms with Gasteiger partial charge in [-0.25, -0.2) is 9.78 Å². The van der Waals surface area contributed by atoms with Crippen molar-refractivity contribution in [3.8, 4) is 11.5 Å². The topological polar surface area (TPSA) is 153 Å². The van der Waals surface area contributed by atoms with Crippen LogP contribution in [0.2, 0.25) is 0 Å². The highest BCUT2D eigenvalue weighted by Crippen LogP contribution is 2.30. The van der Waals surface area contributed by atoms with Gasteiger partial charge < -0.3 is 30.3 Å². The van der Waals surface area contributed by atoms with E-state index in [1.165, 1.54) is 18.1 Å². The summed E-state index contributed by atoms with van der Waals surface area (Å²) in [6.45, 7) is 1.69. The summed E-state index contributed by atoms with van der Waals surface area (Å²) in [5.74, 6) is -1.12. The van der Waals surface area contributed by atoms with Crippen LogP contribution in [0.25, 0.3) is 0 Å². The smallest absolute Gasteiger partial charge is 0.322 e. The highest BCUT2D eigenvalue weighted by molar-refractivity contribution is 6.21. The number of pyridine rings is 1. The number of hydrogen-bond acceptors (Lipinski definition) is 9. The number of piperidine rings is 1. The molecule has 3 aliphatic heterocycles. The van der Waals surface area contributed by atoms with Crippen LogP contribution < -0.4 is 20.7 Å². The lowest BCUT2D eigenvalue weighted by atomic mass is 9.90. The molecule has 4 heterocycles. The number of carbonyl (C=O) groups excluding carboxylic acids is 4. The number of imide groups is 1. The number of rotatable bonds is 8. The van der Waals surface area contributed by atoms with Gasteiger partial charge in [0.05, 0.1) is 25.8 Å². The van der Waals surface area contributed by atoms with Crippen LogP contribution in [0.1, 0.15) is 34.5 Å². The lowest BCUT2D eigenvalue weighted by molar-refractivity contribution is -0.135. The molecule has 0 bridgehead atoms. The first-order valence-corrected chi connectivity index (χ1v) is 12.5. The molecular weight excluding hydrogens is 492 g/mol. The number of urea groups is 1. The summed E-state index contributed by atoms with van der Waals surface area (Å²) >= 11 is 0. The Balaban J connectivity index is 1.36. The molecule has 4 amide bonds. The van der Waals surface area contributed by atoms with Gasteiger partial charge in [0.1, 0.15) is 17.3 Å². The van der Waals surface area contributed by atoms with Crippen LogP contribution >= 0.6 is 0 Å². The maximum atomic E-state index is 13.6. The lowest BCUT2D eigenvalue weighted by Crippen LogP contribution is -2.61. The molecule has 0 aliphatic carbocycles. The van der Waals surface area contributed by atoms with Gasteiger partial charge >= 0.3 is 6.03 Å². The van der Waals surface area contributed by atoms with Crippen LogP contribution in [0.5, 0.6) is 11.5 Å². The van der Waals surface area contributed by atoms with Crippen LogP contribution in [0, 0.1) is 0 Å². The van der Waals surface area contributed by atoms with Crippen molar-refractivity contribution in [2.24, 2.45) is 0 Å². The first kappa shape index (κ1) is 25.5. The van der Waals surface area contributed by atoms with Crippen molar-refractivity contribution in [3.05, 3.63) is 47.2 Å². The van der Waals surface area contributed by atoms with E-state index in [-0.39, 0.29) is 36.5 Å². The van der Waals surface area contributed by atoms with Gasteiger partial charge in [0, 0.05) is 18.2 Å². The van der Waals surface area contributed by atoms with Gasteiger partial charge in [-0.1, -0.05) is 6.07 Å². The predicted octanol–water partition coefficient (Wildman–Crippen LogP) is 0.648. The number of carbonyl (C=O) groups is 4. The standard InChI is InChI=1S/C26H30N6O6/c1-31-9-7-16(8-10-31)27-22-6-5-20(33)19(28-22)12-21(34)26(24(36)29-25(37)30-26)14-32-13-15-3-4-17(38-2)11-18(15)23(32)35/h3-6,11,16,33H,7-10,12-14H2,1-2H3,(H,27,28)(H2,29,30,36,37)/t26-/m0/s1. The Labute approximate surface area is 219 Å². The second-order valence-corrected chi connectivity index (χ2v) is 9.98. The second kappa shape index (κ2) is 9.93. The fraction of sp³-hybridized carbons (Fsp3) is 0.423. The summed E-state index contributed by atoms with van der Waals surface area (Å²) in [6.07, 6.45) is 1.44. The van der Waals surface area contributed by atoms with Crippen LogP contribution in [0.3, 0.4) is 0 Å². The third kappa shape index (κ3) is 4.74. The molecule has 0 saturated carbocycles. The highest BCUT2D eigenvalue weighted by atomic mass is 16.5. The number of benzene rings is 1. The fourth-order valence-corrected chi connectivity index (χ4v) is 5.14. The van der Waals surface area contributed by atoms with Crippen molar-refractivity contribution >= 4 is 29.4 Å². The van der Waals surface area contributed by atoms with Crippen molar-refractivity contribution in [2.75, 3.05) is 39.1 Å². The zero-order valence-electron chi connectivity index (χ0n) is 21.2. The molecular formula is C26H30N6O6. The van der Waals surface area contributed by atoms with Crippen molar-refractivity contribution in [2.45, 2.75) is 37.4 Å². The number of Topliss-reactive ketones (excluding diaryl/α,β-unsaturated/α-hetero) is 1. The number of fused-ring (bicyclic) bond motifs is 1. The minimum atomic E-state index is -2.02. The molecule has 12 heteroatoms. The number of nitrogens with one attached hydrogen (secondary N) is 3. The van der Waals surface area contributed by atoms with Gasteiger partial charge in [-0.2, -0.15) is 0 Å². The largest absolute Gasteiger partial charge is 0.506 e. The second-order valence-electron chi connectivity index (χ2n) is 9.98. The molecule has 0 spiro atoms. The number of likely N-dealkylation sites (tertiary alicyclic amines) is 1. The van der Waals surface area contributed by atoms with Gasteiger partial charge in [-0.3, -0.25) is 19.7 Å². The lowest BCUT2D eigenvalue weighted by Gasteiger charge is -2.30. The molecule has 3 aliphatic rings. The van der Waals surface area contributed by atoms with E-state index in [1.54, 1.807) is 24.3 Å². The highest BCUT2D eigenvalue weighted by Gasteiger charge is 2.54. The number of nitrogens with zero attached hydrogens (tertiary/aromatic N) is 3. The summed E-state index contributed by atoms with van der Waals surface area (Å²) < 4.78 is 5.20. The van der Waals surface area contributed by atoms with Crippen LogP contribution in [-0.2, 0) is 22.6 Å². The van der Waals surface area contributed by atoms with E-state index in [4.69, 9.17) is 4.74 Å². The Bertz CT molecular complexity index is 1310. The van der Waals surface area contributed by atoms with Gasteiger partial charge in [0.25, 0.3) is 11.8 Å². The quantitative estimate of drug-likeness (QED) is 0.289. The molecule has 200 valence electrons. The molecule has 0 radical (unpaired) electrons. The first-order valence-electron chi connectivity index (χ1n) is 12.5. The van der Waals surface area contributed by atoms with E-state index < -0.39 is 29.7 Å². The Kier molecular flexibility index (Phi) is 6.66. The van der Waals surface area contributed by atoms with Crippen LogP contribution in [-0.4, -0.2) is 88.9 Å². The molecule has 4 N–H and O–H groups in total. The predicted molar refractivity (Wildman–Crippen MR) is 136 cm³/mol. The van der Waals surface area contributed by atoms with Crippen LogP contribution in [0.4, 0.5) is 10.6 Å². The third-order valence-corrected chi connectivity index (χ3v) is 7.39. The maximum absolute atomic E-state index is 13.6. The molecule has 2 saturated heterocycles. The number of methoxy groups -OCH3 is 1. The summed E-state index contributed by atoms with van der Waals surface area (Å²) in [4.78, 5) is 59.9. The number of ketones is 1. The molecule has 1 aromatic heterocycles. The van der Waals surface area contributed by atoms with E-state index in [0.717, 1.165) is 31.5 Å². The number of anilines is 1. The SMILES string of the molecule is COc1ccc2c(c1)C(=O)N(C[C@@]1(C(=O)Cc3nc(NC4CCN(C)CC4)ccc3O)NC(=O)NC1=O)C2. The zero-order chi connectivity index (χ0) is 27.0. The minimum Gasteiger partial charge on any atom is -0.506 e. The average molecular weight is 523 g/mol. The molecule has 2 aromatic rings. The third-order valence-electron chi connectivity index (χ3n) is 7.39. The van der Waals surface area contributed by atoms with Crippen molar-refractivity contribution in [3.63, 3.8) is 0 Å². The Hall–Kier alpha value is -4.19. The van der Waals surface area contributed by atoms with Crippen LogP contribution in [0.15, 0.2) is 30.3 Å². The molecule has 2 fully saturated rings. The Morgan fingerprint density at radius 1 is 1.21 bits per heavy atom. The Morgan fingerprint density at radius 3 is 2.66 bits per heavy atom. The minimum absolute atomic E-state index is 0.0713. The fourth-order valence-electron chi connectivity index (χ4n) is 5.14. The Morgan fingerprint density at radius 2 is 1.97 bits per heavy atom. The van der Waals surface area contributed by atoms with E-state index in [2.05, 4.69) is 32.9 Å². The molecule has 1 aromatic carbocycles. The average Bonchev–Trinajstić information content (AvgIpc) is 3.37.